The van der Waals surface area contributed by atoms with Crippen LogP contribution in [0.1, 0.15) is 5.56 Å². The Labute approximate surface area is 210 Å². The molecule has 0 saturated heterocycles. The number of carbonyl (C=O) groups excluding carboxylic acids is 1. The monoisotopic (exact) mass is 517 g/mol. The van der Waals surface area contributed by atoms with Crippen LogP contribution in [0, 0.1) is 6.92 Å². The van der Waals surface area contributed by atoms with Crippen LogP contribution in [0.3, 0.4) is 0 Å². The smallest absolute Gasteiger partial charge is 0.262 e. The van der Waals surface area contributed by atoms with Gasteiger partial charge in [-0.25, -0.2) is 0 Å². The average Bonchev–Trinajstić information content (AvgIpc) is 2.82. The first-order valence-electron chi connectivity index (χ1n) is 10.1. The molecule has 0 fully saturated rings. The van der Waals surface area contributed by atoms with Crippen molar-refractivity contribution in [1.82, 2.24) is 0 Å². The molecule has 4 aromatic rings. The molecule has 4 rings (SSSR count). The van der Waals surface area contributed by atoms with Crippen molar-refractivity contribution >= 4 is 57.4 Å². The third-order valence-corrected chi connectivity index (χ3v) is 6.00. The van der Waals surface area contributed by atoms with E-state index in [1.54, 1.807) is 49.6 Å². The summed E-state index contributed by atoms with van der Waals surface area (Å²) in [5.74, 6) is 0.154. The molecule has 3 aromatic carbocycles. The fraction of sp³-hybridized carbons (Fsp3) is 0.120. The van der Waals surface area contributed by atoms with Crippen LogP contribution in [0.2, 0.25) is 15.1 Å². The number of nitrogens with one attached hydrogen (secondary N) is 1. The number of ether oxygens (including phenoxy) is 2. The van der Waals surface area contributed by atoms with Crippen molar-refractivity contribution in [2.75, 3.05) is 19.0 Å². The second kappa shape index (κ2) is 9.97. The standard InChI is InChI=1S/C25H18Cl3NO5/c1-13-9-21-17(11-19(13)28)23(31)25(24(34-21)14-3-6-16(32-2)7-4-14)33-12-22(30)29-20-10-15(26)5-8-18(20)27/h3-11H,12H2,1-2H3,(H,29,30). The van der Waals surface area contributed by atoms with Gasteiger partial charge in [-0.05, 0) is 67.1 Å². The van der Waals surface area contributed by atoms with Crippen molar-refractivity contribution < 1.29 is 18.7 Å². The summed E-state index contributed by atoms with van der Waals surface area (Å²) < 4.78 is 17.0. The van der Waals surface area contributed by atoms with Crippen molar-refractivity contribution in [3.8, 4) is 22.8 Å². The highest BCUT2D eigenvalue weighted by Gasteiger charge is 2.20. The minimum absolute atomic E-state index is 0.120. The molecule has 0 spiro atoms. The van der Waals surface area contributed by atoms with E-state index in [0.717, 1.165) is 5.56 Å². The minimum Gasteiger partial charge on any atom is -0.497 e. The lowest BCUT2D eigenvalue weighted by Gasteiger charge is -2.13. The molecule has 0 saturated carbocycles. The number of rotatable bonds is 6. The second-order valence-electron chi connectivity index (χ2n) is 7.38. The van der Waals surface area contributed by atoms with Gasteiger partial charge in [0.05, 0.1) is 23.2 Å². The number of amides is 1. The van der Waals surface area contributed by atoms with Crippen LogP contribution >= 0.6 is 34.8 Å². The Morgan fingerprint density at radius 2 is 1.74 bits per heavy atom. The van der Waals surface area contributed by atoms with Crippen LogP contribution in [-0.2, 0) is 4.79 Å². The molecule has 0 atom stereocenters. The maximum absolute atomic E-state index is 13.3. The number of halogens is 3. The number of hydrogen-bond acceptors (Lipinski definition) is 5. The Balaban J connectivity index is 1.72. The number of carbonyl (C=O) groups is 1. The molecule has 1 amide bonds. The highest BCUT2D eigenvalue weighted by molar-refractivity contribution is 6.35. The third kappa shape index (κ3) is 4.99. The summed E-state index contributed by atoms with van der Waals surface area (Å²) in [6.45, 7) is 1.34. The summed E-state index contributed by atoms with van der Waals surface area (Å²) in [5.41, 5.74) is 1.54. The molecule has 0 aliphatic carbocycles. The molecule has 1 heterocycles. The van der Waals surface area contributed by atoms with Crippen molar-refractivity contribution in [3.63, 3.8) is 0 Å². The molecular weight excluding hydrogens is 501 g/mol. The van der Waals surface area contributed by atoms with Gasteiger partial charge in [0.2, 0.25) is 11.2 Å². The van der Waals surface area contributed by atoms with Crippen LogP contribution in [0.4, 0.5) is 5.69 Å². The molecule has 34 heavy (non-hydrogen) atoms. The van der Waals surface area contributed by atoms with Gasteiger partial charge in [0, 0.05) is 15.6 Å². The molecule has 0 radical (unpaired) electrons. The molecule has 6 nitrogen and oxygen atoms in total. The maximum atomic E-state index is 13.3. The number of aryl methyl sites for hydroxylation is 1. The first-order valence-corrected chi connectivity index (χ1v) is 11.2. The molecule has 1 aromatic heterocycles. The maximum Gasteiger partial charge on any atom is 0.262 e. The van der Waals surface area contributed by atoms with E-state index in [2.05, 4.69) is 5.32 Å². The Kier molecular flexibility index (Phi) is 7.03. The van der Waals surface area contributed by atoms with Gasteiger partial charge in [0.15, 0.2) is 12.4 Å². The van der Waals surface area contributed by atoms with E-state index in [4.69, 9.17) is 48.7 Å². The zero-order valence-electron chi connectivity index (χ0n) is 18.1. The topological polar surface area (TPSA) is 77.8 Å². The second-order valence-corrected chi connectivity index (χ2v) is 8.63. The van der Waals surface area contributed by atoms with E-state index < -0.39 is 17.9 Å². The minimum atomic E-state index is -0.536. The summed E-state index contributed by atoms with van der Waals surface area (Å²) in [6.07, 6.45) is 0. The summed E-state index contributed by atoms with van der Waals surface area (Å²) in [6, 6.07) is 14.8. The predicted molar refractivity (Wildman–Crippen MR) is 135 cm³/mol. The SMILES string of the molecule is COc1ccc(-c2oc3cc(C)c(Cl)cc3c(=O)c2OCC(=O)Nc2cc(Cl)ccc2Cl)cc1. The molecule has 0 aliphatic rings. The van der Waals surface area contributed by atoms with E-state index in [-0.39, 0.29) is 16.9 Å². The van der Waals surface area contributed by atoms with Gasteiger partial charge >= 0.3 is 0 Å². The normalized spacial score (nSPS) is 10.9. The number of anilines is 1. The van der Waals surface area contributed by atoms with Crippen LogP contribution in [0.15, 0.2) is 63.8 Å². The highest BCUT2D eigenvalue weighted by Crippen LogP contribution is 2.33. The Bertz CT molecular complexity index is 1450. The Hall–Kier alpha value is -3.19. The van der Waals surface area contributed by atoms with Crippen LogP contribution < -0.4 is 20.2 Å². The van der Waals surface area contributed by atoms with Gasteiger partial charge in [-0.1, -0.05) is 34.8 Å². The zero-order valence-corrected chi connectivity index (χ0v) is 20.3. The average molecular weight is 519 g/mol. The van der Waals surface area contributed by atoms with Gasteiger partial charge in [-0.3, -0.25) is 9.59 Å². The largest absolute Gasteiger partial charge is 0.497 e. The summed E-state index contributed by atoms with van der Waals surface area (Å²) in [5, 5.41) is 3.99. The predicted octanol–water partition coefficient (Wildman–Crippen LogP) is 6.75. The molecule has 1 N–H and O–H groups in total. The molecule has 0 bridgehead atoms. The quantitative estimate of drug-likeness (QED) is 0.305. The summed E-state index contributed by atoms with van der Waals surface area (Å²) >= 11 is 18.3. The van der Waals surface area contributed by atoms with Gasteiger partial charge in [0.25, 0.3) is 5.91 Å². The Morgan fingerprint density at radius 3 is 2.44 bits per heavy atom. The van der Waals surface area contributed by atoms with Crippen molar-refractivity contribution in [2.45, 2.75) is 6.92 Å². The number of fused-ring (bicyclic) bond motifs is 1. The Morgan fingerprint density at radius 1 is 1.00 bits per heavy atom. The molecule has 0 unspecified atom stereocenters. The van der Waals surface area contributed by atoms with E-state index >= 15 is 0 Å². The summed E-state index contributed by atoms with van der Waals surface area (Å²) in [7, 11) is 1.55. The van der Waals surface area contributed by atoms with Gasteiger partial charge in [-0.2, -0.15) is 0 Å². The van der Waals surface area contributed by atoms with Crippen LogP contribution in [0.5, 0.6) is 11.5 Å². The first kappa shape index (κ1) is 24.0. The first-order chi connectivity index (χ1) is 16.3. The van der Waals surface area contributed by atoms with E-state index in [9.17, 15) is 9.59 Å². The van der Waals surface area contributed by atoms with Gasteiger partial charge in [-0.15, -0.1) is 0 Å². The lowest BCUT2D eigenvalue weighted by Crippen LogP contribution is -2.23. The van der Waals surface area contributed by atoms with Crippen LogP contribution in [-0.4, -0.2) is 19.6 Å². The number of methoxy groups -OCH3 is 1. The van der Waals surface area contributed by atoms with Crippen molar-refractivity contribution in [2.24, 2.45) is 0 Å². The van der Waals surface area contributed by atoms with Gasteiger partial charge in [0.1, 0.15) is 11.3 Å². The molecular formula is C25H18Cl3NO5. The highest BCUT2D eigenvalue weighted by atomic mass is 35.5. The molecule has 0 aliphatic heterocycles. The fourth-order valence-electron chi connectivity index (χ4n) is 3.28. The van der Waals surface area contributed by atoms with Crippen LogP contribution in [0.25, 0.3) is 22.3 Å². The summed E-state index contributed by atoms with van der Waals surface area (Å²) in [4.78, 5) is 25.9. The third-order valence-electron chi connectivity index (χ3n) is 5.03. The fourth-order valence-corrected chi connectivity index (χ4v) is 3.78. The van der Waals surface area contributed by atoms with E-state index in [1.807, 2.05) is 6.92 Å². The van der Waals surface area contributed by atoms with E-state index in [0.29, 0.717) is 37.7 Å². The lowest BCUT2D eigenvalue weighted by atomic mass is 10.1. The number of benzene rings is 3. The van der Waals surface area contributed by atoms with Gasteiger partial charge < -0.3 is 19.2 Å². The molecule has 174 valence electrons. The number of hydrogen-bond donors (Lipinski definition) is 1. The van der Waals surface area contributed by atoms with Crippen molar-refractivity contribution in [3.05, 3.63) is 85.5 Å². The molecule has 9 heteroatoms. The lowest BCUT2D eigenvalue weighted by molar-refractivity contribution is -0.118. The van der Waals surface area contributed by atoms with E-state index in [1.165, 1.54) is 12.1 Å². The zero-order chi connectivity index (χ0) is 24.4. The van der Waals surface area contributed by atoms with Crippen molar-refractivity contribution in [1.29, 1.82) is 0 Å².